The van der Waals surface area contributed by atoms with Gasteiger partial charge in [0.05, 0.1) is 10.6 Å². The Labute approximate surface area is 135 Å². The third-order valence-electron chi connectivity index (χ3n) is 3.87. The summed E-state index contributed by atoms with van der Waals surface area (Å²) in [6.45, 7) is 1.25. The van der Waals surface area contributed by atoms with Crippen molar-refractivity contribution in [3.63, 3.8) is 0 Å². The highest BCUT2D eigenvalue weighted by Crippen LogP contribution is 2.26. The van der Waals surface area contributed by atoms with E-state index in [2.05, 4.69) is 10.3 Å². The lowest BCUT2D eigenvalue weighted by atomic mass is 10.2. The molecule has 3 rings (SSSR count). The monoisotopic (exact) mass is 335 g/mol. The first-order valence-corrected chi connectivity index (χ1v) is 9.25. The van der Waals surface area contributed by atoms with E-state index in [-0.39, 0.29) is 16.8 Å². The highest BCUT2D eigenvalue weighted by Gasteiger charge is 2.26. The lowest BCUT2D eigenvalue weighted by molar-refractivity contribution is 0.602. The van der Waals surface area contributed by atoms with Crippen LogP contribution in [0.1, 0.15) is 6.42 Å². The Hall–Kier alpha value is -2.15. The summed E-state index contributed by atoms with van der Waals surface area (Å²) in [7, 11) is -3.30. The van der Waals surface area contributed by atoms with E-state index in [4.69, 9.17) is 0 Å². The second kappa shape index (κ2) is 6.16. The second-order valence-electron chi connectivity index (χ2n) is 5.65. The standard InChI is InChI=1S/C16H18FN3O2S/c1-23(21,22)15-7-3-2-6-14(15)19-12-8-10-20(11-12)16-13(17)5-4-9-18-16/h2-7,9,12,19H,8,10-11H2,1H3/t12-/m1/s1. The highest BCUT2D eigenvalue weighted by atomic mass is 32.2. The smallest absolute Gasteiger partial charge is 0.177 e. The van der Waals surface area contributed by atoms with Gasteiger partial charge in [0.2, 0.25) is 0 Å². The summed E-state index contributed by atoms with van der Waals surface area (Å²) in [5, 5.41) is 3.26. The van der Waals surface area contributed by atoms with Gasteiger partial charge in [-0.25, -0.2) is 17.8 Å². The van der Waals surface area contributed by atoms with Crippen LogP contribution in [0.15, 0.2) is 47.5 Å². The van der Waals surface area contributed by atoms with Crippen LogP contribution < -0.4 is 10.2 Å². The lowest BCUT2D eigenvalue weighted by Crippen LogP contribution is -2.27. The molecule has 2 aromatic rings. The molecule has 5 nitrogen and oxygen atoms in total. The number of rotatable bonds is 4. The molecule has 1 saturated heterocycles. The van der Waals surface area contributed by atoms with Gasteiger partial charge in [-0.15, -0.1) is 0 Å². The molecule has 0 saturated carbocycles. The Bertz CT molecular complexity index is 810. The molecule has 23 heavy (non-hydrogen) atoms. The van der Waals surface area contributed by atoms with Crippen molar-refractivity contribution in [2.24, 2.45) is 0 Å². The number of halogens is 1. The van der Waals surface area contributed by atoms with E-state index in [1.807, 2.05) is 4.90 Å². The molecular weight excluding hydrogens is 317 g/mol. The molecule has 0 unspecified atom stereocenters. The van der Waals surface area contributed by atoms with Gasteiger partial charge in [-0.1, -0.05) is 12.1 Å². The van der Waals surface area contributed by atoms with Crippen LogP contribution in [0.25, 0.3) is 0 Å². The third-order valence-corrected chi connectivity index (χ3v) is 5.03. The van der Waals surface area contributed by atoms with Gasteiger partial charge in [0.25, 0.3) is 0 Å². The number of benzene rings is 1. The van der Waals surface area contributed by atoms with Crippen LogP contribution in [-0.2, 0) is 9.84 Å². The fourth-order valence-electron chi connectivity index (χ4n) is 2.81. The van der Waals surface area contributed by atoms with E-state index in [1.165, 1.54) is 12.3 Å². The van der Waals surface area contributed by atoms with Crippen LogP contribution in [0.5, 0.6) is 0 Å². The van der Waals surface area contributed by atoms with Crippen molar-refractivity contribution in [3.8, 4) is 0 Å². The number of para-hydroxylation sites is 1. The van der Waals surface area contributed by atoms with Crippen LogP contribution in [-0.4, -0.2) is 38.8 Å². The Morgan fingerprint density at radius 1 is 1.26 bits per heavy atom. The number of pyridine rings is 1. The first kappa shape index (κ1) is 15.7. The van der Waals surface area contributed by atoms with Crippen molar-refractivity contribution in [1.82, 2.24) is 4.98 Å². The van der Waals surface area contributed by atoms with Crippen molar-refractivity contribution >= 4 is 21.3 Å². The molecule has 1 aromatic carbocycles. The van der Waals surface area contributed by atoms with E-state index in [0.29, 0.717) is 24.6 Å². The fraction of sp³-hybridized carbons (Fsp3) is 0.312. The molecule has 122 valence electrons. The number of anilines is 2. The van der Waals surface area contributed by atoms with E-state index in [9.17, 15) is 12.8 Å². The minimum atomic E-state index is -3.30. The quantitative estimate of drug-likeness (QED) is 0.929. The Kier molecular flexibility index (Phi) is 4.21. The third kappa shape index (κ3) is 3.44. The van der Waals surface area contributed by atoms with Crippen molar-refractivity contribution in [2.45, 2.75) is 17.4 Å². The summed E-state index contributed by atoms with van der Waals surface area (Å²) in [6.07, 6.45) is 3.55. The Balaban J connectivity index is 1.76. The average molecular weight is 335 g/mol. The molecular formula is C16H18FN3O2S. The van der Waals surface area contributed by atoms with Gasteiger partial charge in [0.1, 0.15) is 0 Å². The number of hydrogen-bond donors (Lipinski definition) is 1. The van der Waals surface area contributed by atoms with Gasteiger partial charge in [0, 0.05) is 31.6 Å². The summed E-state index contributed by atoms with van der Waals surface area (Å²) in [4.78, 5) is 6.24. The average Bonchev–Trinajstić information content (AvgIpc) is 2.95. The zero-order valence-corrected chi connectivity index (χ0v) is 13.6. The van der Waals surface area contributed by atoms with Gasteiger partial charge in [0.15, 0.2) is 21.5 Å². The molecule has 1 atom stereocenters. The number of hydrogen-bond acceptors (Lipinski definition) is 5. The summed E-state index contributed by atoms with van der Waals surface area (Å²) >= 11 is 0. The molecule has 7 heteroatoms. The minimum absolute atomic E-state index is 0.0410. The molecule has 0 amide bonds. The summed E-state index contributed by atoms with van der Waals surface area (Å²) in [5.41, 5.74) is 0.586. The first-order valence-electron chi connectivity index (χ1n) is 7.36. The van der Waals surface area contributed by atoms with Gasteiger partial charge in [-0.2, -0.15) is 0 Å². The van der Waals surface area contributed by atoms with Gasteiger partial charge in [-0.3, -0.25) is 0 Å². The van der Waals surface area contributed by atoms with E-state index in [0.717, 1.165) is 6.42 Å². The van der Waals surface area contributed by atoms with Crippen molar-refractivity contribution in [1.29, 1.82) is 0 Å². The number of sulfone groups is 1. The highest BCUT2D eigenvalue weighted by molar-refractivity contribution is 7.90. The zero-order valence-electron chi connectivity index (χ0n) is 12.7. The lowest BCUT2D eigenvalue weighted by Gasteiger charge is -2.19. The van der Waals surface area contributed by atoms with Crippen molar-refractivity contribution < 1.29 is 12.8 Å². The maximum Gasteiger partial charge on any atom is 0.177 e. The summed E-state index contributed by atoms with van der Waals surface area (Å²) in [6, 6.07) is 9.82. The van der Waals surface area contributed by atoms with Gasteiger partial charge in [-0.05, 0) is 30.7 Å². The molecule has 1 N–H and O–H groups in total. The maximum absolute atomic E-state index is 13.8. The van der Waals surface area contributed by atoms with Crippen LogP contribution in [0.4, 0.5) is 15.9 Å². The largest absolute Gasteiger partial charge is 0.379 e. The van der Waals surface area contributed by atoms with Crippen LogP contribution >= 0.6 is 0 Å². The molecule has 2 heterocycles. The SMILES string of the molecule is CS(=O)(=O)c1ccccc1N[C@@H]1CCN(c2ncccc2F)C1. The van der Waals surface area contributed by atoms with E-state index < -0.39 is 9.84 Å². The number of nitrogens with one attached hydrogen (secondary N) is 1. The molecule has 1 aliphatic rings. The predicted octanol–water partition coefficient (Wildman–Crippen LogP) is 2.32. The molecule has 0 aliphatic carbocycles. The van der Waals surface area contributed by atoms with E-state index in [1.54, 1.807) is 36.5 Å². The number of nitrogens with zero attached hydrogens (tertiary/aromatic N) is 2. The topological polar surface area (TPSA) is 62.3 Å². The fourth-order valence-corrected chi connectivity index (χ4v) is 3.66. The maximum atomic E-state index is 13.8. The van der Waals surface area contributed by atoms with Crippen molar-refractivity contribution in [3.05, 3.63) is 48.4 Å². The molecule has 0 radical (unpaired) electrons. The minimum Gasteiger partial charge on any atom is -0.379 e. The first-order chi connectivity index (χ1) is 10.9. The zero-order chi connectivity index (χ0) is 16.4. The summed E-state index contributed by atoms with van der Waals surface area (Å²) < 4.78 is 37.5. The number of aromatic nitrogens is 1. The molecule has 1 aromatic heterocycles. The van der Waals surface area contributed by atoms with Crippen molar-refractivity contribution in [2.75, 3.05) is 29.6 Å². The normalized spacial score (nSPS) is 18.2. The Morgan fingerprint density at radius 3 is 2.78 bits per heavy atom. The predicted molar refractivity (Wildman–Crippen MR) is 88.0 cm³/mol. The second-order valence-corrected chi connectivity index (χ2v) is 7.64. The molecule has 1 aliphatic heterocycles. The van der Waals surface area contributed by atoms with Gasteiger partial charge < -0.3 is 10.2 Å². The van der Waals surface area contributed by atoms with E-state index >= 15 is 0 Å². The van der Waals surface area contributed by atoms with Crippen LogP contribution in [0, 0.1) is 5.82 Å². The van der Waals surface area contributed by atoms with Crippen LogP contribution in [0.3, 0.4) is 0 Å². The van der Waals surface area contributed by atoms with Crippen LogP contribution in [0.2, 0.25) is 0 Å². The molecule has 1 fully saturated rings. The Morgan fingerprint density at radius 2 is 2.04 bits per heavy atom. The molecule has 0 spiro atoms. The molecule has 0 bridgehead atoms. The van der Waals surface area contributed by atoms with Gasteiger partial charge >= 0.3 is 0 Å². The summed E-state index contributed by atoms with van der Waals surface area (Å²) in [5.74, 6) is -0.00196.